The van der Waals surface area contributed by atoms with Crippen LogP contribution in [0.1, 0.15) is 12.6 Å². The highest BCUT2D eigenvalue weighted by molar-refractivity contribution is 5.72. The number of ether oxygens (including phenoxy) is 1. The van der Waals surface area contributed by atoms with Crippen LogP contribution in [0.25, 0.3) is 0 Å². The molecule has 2 aromatic rings. The van der Waals surface area contributed by atoms with E-state index in [0.29, 0.717) is 18.2 Å². The Labute approximate surface area is 115 Å². The zero-order valence-corrected chi connectivity index (χ0v) is 11.1. The molecule has 1 heterocycles. The fourth-order valence-corrected chi connectivity index (χ4v) is 1.68. The van der Waals surface area contributed by atoms with E-state index in [-0.39, 0.29) is 12.0 Å². The molecule has 0 unspecified atom stereocenters. The highest BCUT2D eigenvalue weighted by Gasteiger charge is 2.08. The number of nitrogens with one attached hydrogen (secondary N) is 2. The third kappa shape index (κ3) is 3.94. The zero-order chi connectivity index (χ0) is 14.4. The Morgan fingerprint density at radius 3 is 2.80 bits per heavy atom. The van der Waals surface area contributed by atoms with Gasteiger partial charge in [-0.1, -0.05) is 18.2 Å². The number of para-hydroxylation sites is 1. The van der Waals surface area contributed by atoms with Crippen molar-refractivity contribution in [3.63, 3.8) is 0 Å². The Morgan fingerprint density at radius 2 is 2.10 bits per heavy atom. The van der Waals surface area contributed by atoms with Crippen molar-refractivity contribution in [1.82, 2.24) is 9.97 Å². The van der Waals surface area contributed by atoms with Gasteiger partial charge in [0, 0.05) is 11.8 Å². The maximum atomic E-state index is 11.6. The lowest BCUT2D eigenvalue weighted by molar-refractivity contribution is -0.142. The zero-order valence-electron chi connectivity index (χ0n) is 11.1. The summed E-state index contributed by atoms with van der Waals surface area (Å²) in [5, 5.41) is 2.97. The predicted octanol–water partition coefficient (Wildman–Crippen LogP) is 1.62. The molecule has 2 rings (SSSR count). The number of nitrogens with zero attached hydrogens (tertiary/aromatic N) is 1. The predicted molar refractivity (Wildman–Crippen MR) is 74.9 cm³/mol. The molecule has 6 heteroatoms. The lowest BCUT2D eigenvalue weighted by atomic mass is 10.3. The smallest absolute Gasteiger partial charge is 0.311 e. The Bertz CT molecular complexity index is 638. The van der Waals surface area contributed by atoms with E-state index < -0.39 is 5.97 Å². The van der Waals surface area contributed by atoms with Crippen molar-refractivity contribution in [2.45, 2.75) is 13.3 Å². The fourth-order valence-electron chi connectivity index (χ4n) is 1.68. The van der Waals surface area contributed by atoms with Crippen molar-refractivity contribution in [3.8, 4) is 0 Å². The van der Waals surface area contributed by atoms with Crippen LogP contribution < -0.4 is 10.9 Å². The van der Waals surface area contributed by atoms with Crippen LogP contribution in [0.5, 0.6) is 0 Å². The van der Waals surface area contributed by atoms with Crippen molar-refractivity contribution in [3.05, 3.63) is 52.4 Å². The molecule has 0 aliphatic heterocycles. The second kappa shape index (κ2) is 6.51. The third-order valence-corrected chi connectivity index (χ3v) is 2.46. The average Bonchev–Trinajstić information content (AvgIpc) is 2.39. The van der Waals surface area contributed by atoms with E-state index in [1.807, 2.05) is 30.3 Å². The molecule has 0 aliphatic rings. The second-order valence-electron chi connectivity index (χ2n) is 4.06. The summed E-state index contributed by atoms with van der Waals surface area (Å²) in [6, 6.07) is 10.6. The van der Waals surface area contributed by atoms with Gasteiger partial charge in [-0.2, -0.15) is 0 Å². The standard InChI is InChI=1S/C14H15N3O3/c1-2-20-13(19)9-11-8-12(18)17-14(16-11)15-10-6-4-3-5-7-10/h3-8H,2,9H2,1H3,(H2,15,16,17,18). The number of rotatable bonds is 5. The van der Waals surface area contributed by atoms with Crippen molar-refractivity contribution < 1.29 is 9.53 Å². The van der Waals surface area contributed by atoms with Crippen LogP contribution in [0, 0.1) is 0 Å². The fraction of sp³-hybridized carbons (Fsp3) is 0.214. The number of aromatic amines is 1. The first-order valence-corrected chi connectivity index (χ1v) is 6.25. The number of hydrogen-bond donors (Lipinski definition) is 2. The van der Waals surface area contributed by atoms with Gasteiger partial charge in [-0.25, -0.2) is 4.98 Å². The molecule has 0 saturated heterocycles. The summed E-state index contributed by atoms with van der Waals surface area (Å²) in [6.45, 7) is 2.03. The number of hydrogen-bond acceptors (Lipinski definition) is 5. The van der Waals surface area contributed by atoms with Gasteiger partial charge in [-0.3, -0.25) is 14.6 Å². The summed E-state index contributed by atoms with van der Waals surface area (Å²) in [7, 11) is 0. The van der Waals surface area contributed by atoms with Crippen LogP contribution in [-0.2, 0) is 16.0 Å². The molecule has 0 atom stereocenters. The molecular formula is C14H15N3O3. The van der Waals surface area contributed by atoms with Crippen LogP contribution >= 0.6 is 0 Å². The Hall–Kier alpha value is -2.63. The minimum absolute atomic E-state index is 0.0266. The largest absolute Gasteiger partial charge is 0.466 e. The Kier molecular flexibility index (Phi) is 4.49. The number of H-pyrrole nitrogens is 1. The monoisotopic (exact) mass is 273 g/mol. The second-order valence-corrected chi connectivity index (χ2v) is 4.06. The summed E-state index contributed by atoms with van der Waals surface area (Å²) >= 11 is 0. The molecule has 20 heavy (non-hydrogen) atoms. The van der Waals surface area contributed by atoms with Gasteiger partial charge in [-0.15, -0.1) is 0 Å². The normalized spacial score (nSPS) is 10.1. The van der Waals surface area contributed by atoms with Gasteiger partial charge < -0.3 is 10.1 Å². The van der Waals surface area contributed by atoms with Crippen LogP contribution in [0.15, 0.2) is 41.2 Å². The molecule has 1 aromatic carbocycles. The molecular weight excluding hydrogens is 258 g/mol. The Morgan fingerprint density at radius 1 is 1.35 bits per heavy atom. The van der Waals surface area contributed by atoms with Crippen LogP contribution in [0.4, 0.5) is 11.6 Å². The van der Waals surface area contributed by atoms with Gasteiger partial charge >= 0.3 is 5.97 Å². The summed E-state index contributed by atoms with van der Waals surface area (Å²) in [4.78, 5) is 29.7. The van der Waals surface area contributed by atoms with E-state index in [4.69, 9.17) is 4.74 Å². The lowest BCUT2D eigenvalue weighted by Crippen LogP contribution is -2.15. The van der Waals surface area contributed by atoms with Crippen molar-refractivity contribution >= 4 is 17.6 Å². The maximum Gasteiger partial charge on any atom is 0.311 e. The van der Waals surface area contributed by atoms with Crippen molar-refractivity contribution in [2.75, 3.05) is 11.9 Å². The topological polar surface area (TPSA) is 84.1 Å². The van der Waals surface area contributed by atoms with Gasteiger partial charge in [0.05, 0.1) is 18.7 Å². The first-order valence-electron chi connectivity index (χ1n) is 6.25. The summed E-state index contributed by atoms with van der Waals surface area (Å²) in [6.07, 6.45) is -0.0266. The first kappa shape index (κ1) is 13.8. The Balaban J connectivity index is 2.16. The van der Waals surface area contributed by atoms with E-state index in [1.54, 1.807) is 6.92 Å². The quantitative estimate of drug-likeness (QED) is 0.809. The summed E-state index contributed by atoms with van der Waals surface area (Å²) in [5.74, 6) is -0.112. The number of carbonyl (C=O) groups excluding carboxylic acids is 1. The number of anilines is 2. The first-order chi connectivity index (χ1) is 9.67. The highest BCUT2D eigenvalue weighted by Crippen LogP contribution is 2.10. The molecule has 0 bridgehead atoms. The van der Waals surface area contributed by atoms with Gasteiger partial charge in [-0.05, 0) is 19.1 Å². The number of esters is 1. The van der Waals surface area contributed by atoms with E-state index in [0.717, 1.165) is 5.69 Å². The van der Waals surface area contributed by atoms with E-state index in [2.05, 4.69) is 15.3 Å². The SMILES string of the molecule is CCOC(=O)Cc1cc(=O)[nH]c(Nc2ccccc2)n1. The molecule has 6 nitrogen and oxygen atoms in total. The van der Waals surface area contributed by atoms with Gasteiger partial charge in [0.2, 0.25) is 5.95 Å². The van der Waals surface area contributed by atoms with E-state index in [1.165, 1.54) is 6.07 Å². The molecule has 1 aromatic heterocycles. The van der Waals surface area contributed by atoms with Gasteiger partial charge in [0.25, 0.3) is 5.56 Å². The minimum Gasteiger partial charge on any atom is -0.466 e. The number of benzene rings is 1. The number of carbonyl (C=O) groups is 1. The number of aromatic nitrogens is 2. The molecule has 0 spiro atoms. The van der Waals surface area contributed by atoms with E-state index in [9.17, 15) is 9.59 Å². The minimum atomic E-state index is -0.406. The van der Waals surface area contributed by atoms with Crippen LogP contribution in [0.2, 0.25) is 0 Å². The summed E-state index contributed by atoms with van der Waals surface area (Å²) < 4.78 is 4.83. The van der Waals surface area contributed by atoms with Crippen LogP contribution in [0.3, 0.4) is 0 Å². The lowest BCUT2D eigenvalue weighted by Gasteiger charge is -2.06. The van der Waals surface area contributed by atoms with Crippen LogP contribution in [-0.4, -0.2) is 22.5 Å². The van der Waals surface area contributed by atoms with Gasteiger partial charge in [0.1, 0.15) is 0 Å². The highest BCUT2D eigenvalue weighted by atomic mass is 16.5. The molecule has 2 N–H and O–H groups in total. The summed E-state index contributed by atoms with van der Waals surface area (Å²) in [5.41, 5.74) is 0.840. The molecule has 0 saturated carbocycles. The molecule has 0 aliphatic carbocycles. The molecule has 0 amide bonds. The third-order valence-electron chi connectivity index (χ3n) is 2.46. The van der Waals surface area contributed by atoms with Crippen molar-refractivity contribution in [2.24, 2.45) is 0 Å². The van der Waals surface area contributed by atoms with Gasteiger partial charge in [0.15, 0.2) is 0 Å². The average molecular weight is 273 g/mol. The molecule has 0 fully saturated rings. The van der Waals surface area contributed by atoms with E-state index >= 15 is 0 Å². The molecule has 0 radical (unpaired) electrons. The van der Waals surface area contributed by atoms with Crippen molar-refractivity contribution in [1.29, 1.82) is 0 Å². The maximum absolute atomic E-state index is 11.6. The molecule has 104 valence electrons.